The quantitative estimate of drug-likeness (QED) is 0.557. The molecule has 4 nitrogen and oxygen atoms in total. The molecule has 0 aliphatic carbocycles. The molecule has 0 saturated carbocycles. The van der Waals surface area contributed by atoms with Crippen molar-refractivity contribution in [2.45, 2.75) is 23.8 Å². The van der Waals surface area contributed by atoms with Crippen LogP contribution >= 0.6 is 35.0 Å². The van der Waals surface area contributed by atoms with Gasteiger partial charge in [0, 0.05) is 21.2 Å². The van der Waals surface area contributed by atoms with Crippen LogP contribution in [0.15, 0.2) is 53.7 Å². The molecule has 134 valence electrons. The largest absolute Gasteiger partial charge is 0.368 e. The van der Waals surface area contributed by atoms with Crippen LogP contribution in [0.1, 0.15) is 13.8 Å². The third kappa shape index (κ3) is 4.06. The van der Waals surface area contributed by atoms with Crippen LogP contribution in [0.2, 0.25) is 10.0 Å². The highest BCUT2D eigenvalue weighted by atomic mass is 35.5. The van der Waals surface area contributed by atoms with Gasteiger partial charge in [-0.3, -0.25) is 4.79 Å². The van der Waals surface area contributed by atoms with Gasteiger partial charge in [0.15, 0.2) is 5.16 Å². The van der Waals surface area contributed by atoms with E-state index in [2.05, 4.69) is 4.98 Å². The van der Waals surface area contributed by atoms with Crippen LogP contribution in [0.25, 0.3) is 22.5 Å². The average Bonchev–Trinajstić information content (AvgIpc) is 2.99. The number of carbonyl (C=O) groups is 1. The summed E-state index contributed by atoms with van der Waals surface area (Å²) in [5.74, 6) is -0.403. The predicted octanol–water partition coefficient (Wildman–Crippen LogP) is 5.41. The van der Waals surface area contributed by atoms with Crippen molar-refractivity contribution in [3.63, 3.8) is 0 Å². The first-order valence-corrected chi connectivity index (χ1v) is 9.44. The molecule has 0 spiro atoms. The van der Waals surface area contributed by atoms with Crippen LogP contribution in [0.4, 0.5) is 0 Å². The highest BCUT2D eigenvalue weighted by Gasteiger charge is 2.28. The Bertz CT molecular complexity index is 871. The van der Waals surface area contributed by atoms with Crippen molar-refractivity contribution < 1.29 is 4.79 Å². The van der Waals surface area contributed by atoms with Gasteiger partial charge in [-0.1, -0.05) is 59.2 Å². The third-order valence-electron chi connectivity index (χ3n) is 3.88. The van der Waals surface area contributed by atoms with Gasteiger partial charge in [-0.05, 0) is 38.1 Å². The van der Waals surface area contributed by atoms with E-state index in [9.17, 15) is 4.79 Å². The number of H-pyrrole nitrogens is 1. The second-order valence-corrected chi connectivity index (χ2v) is 8.74. The van der Waals surface area contributed by atoms with E-state index < -0.39 is 10.7 Å². The molecule has 3 rings (SSSR count). The van der Waals surface area contributed by atoms with Gasteiger partial charge >= 0.3 is 0 Å². The molecule has 3 N–H and O–H groups in total. The van der Waals surface area contributed by atoms with Crippen molar-refractivity contribution >= 4 is 40.9 Å². The van der Waals surface area contributed by atoms with E-state index >= 15 is 0 Å². The smallest absolute Gasteiger partial charge is 0.233 e. The topological polar surface area (TPSA) is 71.8 Å². The lowest BCUT2D eigenvalue weighted by Gasteiger charge is -2.17. The van der Waals surface area contributed by atoms with Crippen LogP contribution < -0.4 is 5.73 Å². The highest BCUT2D eigenvalue weighted by molar-refractivity contribution is 8.01. The summed E-state index contributed by atoms with van der Waals surface area (Å²) in [4.78, 5) is 19.7. The van der Waals surface area contributed by atoms with Gasteiger partial charge in [-0.2, -0.15) is 0 Å². The number of carbonyl (C=O) groups excluding carboxylic acids is 1. The molecule has 0 fully saturated rings. The fraction of sp³-hybridized carbons (Fsp3) is 0.158. The molecule has 0 atom stereocenters. The van der Waals surface area contributed by atoms with Gasteiger partial charge in [0.2, 0.25) is 5.91 Å². The van der Waals surface area contributed by atoms with Crippen molar-refractivity contribution in [2.24, 2.45) is 5.73 Å². The normalized spacial score (nSPS) is 11.5. The van der Waals surface area contributed by atoms with Crippen LogP contribution in [0, 0.1) is 0 Å². The molecule has 2 aromatic carbocycles. The summed E-state index contributed by atoms with van der Waals surface area (Å²) in [5, 5.41) is 1.93. The minimum Gasteiger partial charge on any atom is -0.368 e. The number of aromatic nitrogens is 2. The summed E-state index contributed by atoms with van der Waals surface area (Å²) in [6, 6.07) is 14.9. The van der Waals surface area contributed by atoms with Crippen LogP contribution in [0.3, 0.4) is 0 Å². The number of hydrogen-bond acceptors (Lipinski definition) is 3. The van der Waals surface area contributed by atoms with E-state index in [0.29, 0.717) is 15.2 Å². The maximum absolute atomic E-state index is 11.7. The Morgan fingerprint density at radius 3 is 2.00 bits per heavy atom. The minimum atomic E-state index is -0.785. The standard InChI is InChI=1S/C19H17Cl2N3OS/c1-19(2,17(22)25)26-18-23-15(11-3-7-13(20)8-4-11)16(24-18)12-5-9-14(21)10-6-12/h3-10H,1-2H3,(H2,22,25)(H,23,24). The summed E-state index contributed by atoms with van der Waals surface area (Å²) in [5.41, 5.74) is 8.95. The third-order valence-corrected chi connectivity index (χ3v) is 5.48. The monoisotopic (exact) mass is 405 g/mol. The van der Waals surface area contributed by atoms with Crippen molar-refractivity contribution in [3.05, 3.63) is 58.6 Å². The molecule has 7 heteroatoms. The number of imidazole rings is 1. The molecule has 0 bridgehead atoms. The lowest BCUT2D eigenvalue weighted by Crippen LogP contribution is -2.34. The van der Waals surface area contributed by atoms with Crippen molar-refractivity contribution in [1.29, 1.82) is 0 Å². The highest BCUT2D eigenvalue weighted by Crippen LogP contribution is 2.37. The molecule has 3 aromatic rings. The molecule has 0 radical (unpaired) electrons. The van der Waals surface area contributed by atoms with Crippen molar-refractivity contribution in [2.75, 3.05) is 0 Å². The van der Waals surface area contributed by atoms with E-state index in [1.807, 2.05) is 48.5 Å². The number of nitrogens with two attached hydrogens (primary N) is 1. The Hall–Kier alpha value is -1.95. The van der Waals surface area contributed by atoms with Gasteiger partial charge in [0.1, 0.15) is 0 Å². The van der Waals surface area contributed by atoms with E-state index in [1.165, 1.54) is 11.8 Å². The number of nitrogens with one attached hydrogen (secondary N) is 1. The molecular formula is C19H17Cl2N3OS. The Morgan fingerprint density at radius 2 is 1.50 bits per heavy atom. The SMILES string of the molecule is CC(C)(Sc1nc(-c2ccc(Cl)cc2)c(-c2ccc(Cl)cc2)[nH]1)C(N)=O. The Kier molecular flexibility index (Phi) is 5.32. The Balaban J connectivity index is 2.09. The fourth-order valence-electron chi connectivity index (χ4n) is 2.33. The zero-order chi connectivity index (χ0) is 18.9. The van der Waals surface area contributed by atoms with Crippen LogP contribution in [-0.2, 0) is 4.79 Å². The first-order valence-electron chi connectivity index (χ1n) is 7.87. The lowest BCUT2D eigenvalue weighted by atomic mass is 10.1. The van der Waals surface area contributed by atoms with E-state index in [0.717, 1.165) is 22.5 Å². The van der Waals surface area contributed by atoms with Gasteiger partial charge in [-0.25, -0.2) is 4.98 Å². The predicted molar refractivity (Wildman–Crippen MR) is 109 cm³/mol. The van der Waals surface area contributed by atoms with E-state index in [4.69, 9.17) is 33.9 Å². The molecular weight excluding hydrogens is 389 g/mol. The first kappa shape index (κ1) is 18.8. The Morgan fingerprint density at radius 1 is 1.00 bits per heavy atom. The molecule has 1 aromatic heterocycles. The van der Waals surface area contributed by atoms with Gasteiger partial charge in [-0.15, -0.1) is 0 Å². The maximum atomic E-state index is 11.7. The van der Waals surface area contributed by atoms with Gasteiger partial charge < -0.3 is 10.7 Å². The summed E-state index contributed by atoms with van der Waals surface area (Å²) in [6.07, 6.45) is 0. The van der Waals surface area contributed by atoms with Crippen LogP contribution in [0.5, 0.6) is 0 Å². The van der Waals surface area contributed by atoms with E-state index in [-0.39, 0.29) is 0 Å². The van der Waals surface area contributed by atoms with Gasteiger partial charge in [0.05, 0.1) is 16.1 Å². The van der Waals surface area contributed by atoms with Crippen molar-refractivity contribution in [1.82, 2.24) is 9.97 Å². The van der Waals surface area contributed by atoms with Crippen molar-refractivity contribution in [3.8, 4) is 22.5 Å². The number of amides is 1. The lowest BCUT2D eigenvalue weighted by molar-refractivity contribution is -0.119. The Labute approximate surface area is 166 Å². The number of benzene rings is 2. The average molecular weight is 406 g/mol. The number of primary amides is 1. The number of aromatic amines is 1. The molecule has 1 heterocycles. The summed E-state index contributed by atoms with van der Waals surface area (Å²) < 4.78 is -0.785. The fourth-order valence-corrected chi connectivity index (χ4v) is 3.46. The van der Waals surface area contributed by atoms with Gasteiger partial charge in [0.25, 0.3) is 0 Å². The summed E-state index contributed by atoms with van der Waals surface area (Å²) in [7, 11) is 0. The molecule has 26 heavy (non-hydrogen) atoms. The minimum absolute atomic E-state index is 0.403. The second-order valence-electron chi connectivity index (χ2n) is 6.26. The summed E-state index contributed by atoms with van der Waals surface area (Å²) >= 11 is 13.3. The molecule has 0 aliphatic heterocycles. The maximum Gasteiger partial charge on any atom is 0.233 e. The molecule has 0 unspecified atom stereocenters. The zero-order valence-electron chi connectivity index (χ0n) is 14.2. The molecule has 0 saturated heterocycles. The zero-order valence-corrected chi connectivity index (χ0v) is 16.5. The first-order chi connectivity index (χ1) is 12.3. The molecule has 1 amide bonds. The van der Waals surface area contributed by atoms with Crippen LogP contribution in [-0.4, -0.2) is 20.6 Å². The number of hydrogen-bond donors (Lipinski definition) is 2. The number of rotatable bonds is 5. The summed E-state index contributed by atoms with van der Waals surface area (Å²) in [6.45, 7) is 3.54. The van der Waals surface area contributed by atoms with E-state index in [1.54, 1.807) is 13.8 Å². The number of nitrogens with zero attached hydrogens (tertiary/aromatic N) is 1. The number of halogens is 2. The number of thioether (sulfide) groups is 1. The second kappa shape index (κ2) is 7.35. The molecule has 0 aliphatic rings.